The molecule has 0 spiro atoms. The number of ether oxygens (including phenoxy) is 2. The van der Waals surface area contributed by atoms with E-state index < -0.39 is 6.09 Å². The number of carbonyl (C=O) groups is 3. The Morgan fingerprint density at radius 3 is 2.40 bits per heavy atom. The van der Waals surface area contributed by atoms with E-state index in [0.717, 1.165) is 81.8 Å². The molecule has 3 N–H and O–H groups in total. The fourth-order valence-corrected chi connectivity index (χ4v) is 9.89. The van der Waals surface area contributed by atoms with Crippen molar-refractivity contribution in [1.29, 1.82) is 0 Å². The van der Waals surface area contributed by atoms with Gasteiger partial charge in [-0.2, -0.15) is 0 Å². The highest BCUT2D eigenvalue weighted by atomic mass is 32.2. The number of thioether (sulfide) groups is 1. The highest BCUT2D eigenvalue weighted by Gasteiger charge is 2.39. The van der Waals surface area contributed by atoms with Gasteiger partial charge in [-0.1, -0.05) is 67.1 Å². The van der Waals surface area contributed by atoms with Gasteiger partial charge in [0.2, 0.25) is 11.8 Å². The summed E-state index contributed by atoms with van der Waals surface area (Å²) < 4.78 is 10.8. The van der Waals surface area contributed by atoms with Crippen LogP contribution in [0, 0.1) is 0 Å². The van der Waals surface area contributed by atoms with Crippen molar-refractivity contribution in [2.75, 3.05) is 30.8 Å². The number of anilines is 1. The summed E-state index contributed by atoms with van der Waals surface area (Å²) in [5.41, 5.74) is 8.81. The summed E-state index contributed by atoms with van der Waals surface area (Å²) in [6.45, 7) is 0.615. The van der Waals surface area contributed by atoms with Crippen LogP contribution in [0.2, 0.25) is 0 Å². The first-order valence-electron chi connectivity index (χ1n) is 17.3. The van der Waals surface area contributed by atoms with Crippen LogP contribution in [0.25, 0.3) is 21.6 Å². The maximum absolute atomic E-state index is 13.1. The van der Waals surface area contributed by atoms with Crippen LogP contribution in [0.15, 0.2) is 84.9 Å². The van der Waals surface area contributed by atoms with Crippen molar-refractivity contribution in [1.82, 2.24) is 10.8 Å². The molecule has 2 fully saturated rings. The van der Waals surface area contributed by atoms with Gasteiger partial charge in [0.15, 0.2) is 6.29 Å². The molecule has 3 amide bonds. The number of rotatable bonds is 11. The number of alkyl carbamates (subject to hydrolysis) is 1. The fraction of sp³-hybridized carbons (Fsp3) is 0.359. The zero-order valence-electron chi connectivity index (χ0n) is 27.8. The Hall–Kier alpha value is -4.16. The predicted molar refractivity (Wildman–Crippen MR) is 197 cm³/mol. The Morgan fingerprint density at radius 2 is 1.66 bits per heavy atom. The van der Waals surface area contributed by atoms with Crippen LogP contribution in [0.5, 0.6) is 0 Å². The molecule has 2 aliphatic heterocycles. The van der Waals surface area contributed by atoms with Crippen LogP contribution in [-0.2, 0) is 28.6 Å². The van der Waals surface area contributed by atoms with Crippen molar-refractivity contribution in [3.8, 4) is 21.6 Å². The second-order valence-electron chi connectivity index (χ2n) is 12.9. The maximum atomic E-state index is 13.1. The summed E-state index contributed by atoms with van der Waals surface area (Å²) in [5, 5.41) is 5.48. The van der Waals surface area contributed by atoms with Gasteiger partial charge in [0, 0.05) is 40.8 Å². The Balaban J connectivity index is 0.927. The van der Waals surface area contributed by atoms with E-state index in [9.17, 15) is 14.4 Å². The van der Waals surface area contributed by atoms with E-state index in [-0.39, 0.29) is 41.9 Å². The number of benzene rings is 3. The lowest BCUT2D eigenvalue weighted by Crippen LogP contribution is -2.37. The normalized spacial score (nSPS) is 20.0. The van der Waals surface area contributed by atoms with Gasteiger partial charge in [-0.15, -0.1) is 23.1 Å². The molecule has 9 nitrogen and oxygen atoms in total. The molecule has 3 aliphatic rings. The zero-order chi connectivity index (χ0) is 34.3. The van der Waals surface area contributed by atoms with Gasteiger partial charge in [-0.05, 0) is 83.5 Å². The summed E-state index contributed by atoms with van der Waals surface area (Å²) in [6, 6.07) is 28.2. The monoisotopic (exact) mass is 711 g/mol. The average molecular weight is 712 g/mol. The van der Waals surface area contributed by atoms with Gasteiger partial charge >= 0.3 is 6.09 Å². The summed E-state index contributed by atoms with van der Waals surface area (Å²) in [7, 11) is 0. The van der Waals surface area contributed by atoms with Crippen molar-refractivity contribution in [2.45, 2.75) is 61.9 Å². The average Bonchev–Trinajstić information content (AvgIpc) is 3.78. The molecular formula is C39H41N3O6S2. The summed E-state index contributed by atoms with van der Waals surface area (Å²) in [5.74, 6) is 0.451. The number of amides is 3. The van der Waals surface area contributed by atoms with Crippen LogP contribution < -0.4 is 16.1 Å². The minimum absolute atomic E-state index is 0.0541. The first-order valence-corrected chi connectivity index (χ1v) is 19.1. The number of carbonyl (C=O) groups excluding carboxylic acids is 3. The van der Waals surface area contributed by atoms with Crippen molar-refractivity contribution < 1.29 is 28.7 Å². The lowest BCUT2D eigenvalue weighted by Gasteiger charge is -2.35. The minimum atomic E-state index is -0.640. The molecule has 4 aromatic rings. The molecule has 3 heterocycles. The minimum Gasteiger partial charge on any atom is -0.449 e. The number of hydrogen-bond acceptors (Lipinski definition) is 8. The number of fused-ring (bicyclic) bond motifs is 3. The van der Waals surface area contributed by atoms with Crippen LogP contribution >= 0.6 is 23.1 Å². The van der Waals surface area contributed by atoms with Gasteiger partial charge in [-0.3, -0.25) is 9.59 Å². The van der Waals surface area contributed by atoms with Gasteiger partial charge in [0.05, 0.1) is 4.75 Å². The Bertz CT molecular complexity index is 1790. The van der Waals surface area contributed by atoms with E-state index in [2.05, 4.69) is 52.5 Å². The molecule has 2 saturated heterocycles. The molecule has 1 unspecified atom stereocenters. The molecule has 0 radical (unpaired) electrons. The highest BCUT2D eigenvalue weighted by molar-refractivity contribution is 8.00. The lowest BCUT2D eigenvalue weighted by molar-refractivity contribution is -0.200. The Kier molecular flexibility index (Phi) is 10.8. The summed E-state index contributed by atoms with van der Waals surface area (Å²) in [6.07, 6.45) is 5.25. The van der Waals surface area contributed by atoms with Crippen LogP contribution in [0.1, 0.15) is 66.9 Å². The molecule has 2 atom stereocenters. The second-order valence-corrected chi connectivity index (χ2v) is 15.5. The van der Waals surface area contributed by atoms with Gasteiger partial charge in [0.25, 0.3) is 0 Å². The van der Waals surface area contributed by atoms with Gasteiger partial charge in [-0.25, -0.2) is 15.1 Å². The van der Waals surface area contributed by atoms with Gasteiger partial charge < -0.3 is 20.1 Å². The molecule has 260 valence electrons. The maximum Gasteiger partial charge on any atom is 0.407 e. The number of nitrogens with one attached hydrogen (secondary N) is 3. The highest BCUT2D eigenvalue weighted by Crippen LogP contribution is 2.51. The summed E-state index contributed by atoms with van der Waals surface area (Å²) in [4.78, 5) is 46.3. The zero-order valence-corrected chi connectivity index (χ0v) is 29.4. The molecule has 0 bridgehead atoms. The standard InChI is InChI=1S/C39H41N3O6S2/c43-35(42-48-37-16-5-7-20-46-37)23-39(19-6-8-21-49-39)34-18-17-33(50-34)26-10-9-11-27(22-26)41-36(44)24-40-38(45)47-25-32-30-14-3-1-12-28(30)29-13-2-4-15-31(29)32/h1-4,9-15,17-18,22,32,37H,5-8,16,19-21,23-25H2,(H,40,45)(H,41,44)(H,42,43)/t37?,39-/m0/s1. The van der Waals surface area contributed by atoms with Crippen molar-refractivity contribution in [3.05, 3.63) is 101 Å². The predicted octanol–water partition coefficient (Wildman–Crippen LogP) is 7.97. The van der Waals surface area contributed by atoms with Crippen molar-refractivity contribution >= 4 is 46.7 Å². The first-order chi connectivity index (χ1) is 24.5. The molecule has 11 heteroatoms. The SMILES string of the molecule is O=C(C[C@]1(c2ccc(-c3cccc(NC(=O)CNC(=O)OCC4c5ccccc5-c5ccccc54)c3)s2)CCCCS1)NOC1CCCCO1. The molecule has 1 aliphatic carbocycles. The largest absolute Gasteiger partial charge is 0.449 e. The fourth-order valence-electron chi connectivity index (χ4n) is 7.00. The third-order valence-electron chi connectivity index (χ3n) is 9.46. The number of thiophene rings is 1. The molecular weight excluding hydrogens is 671 g/mol. The molecule has 7 rings (SSSR count). The first kappa shape index (κ1) is 34.3. The number of hydrogen-bond donors (Lipinski definition) is 3. The van der Waals surface area contributed by atoms with Gasteiger partial charge in [0.1, 0.15) is 13.2 Å². The van der Waals surface area contributed by atoms with Crippen LogP contribution in [0.4, 0.5) is 10.5 Å². The lowest BCUT2D eigenvalue weighted by atomic mass is 9.94. The van der Waals surface area contributed by atoms with E-state index in [4.69, 9.17) is 14.3 Å². The second kappa shape index (κ2) is 15.8. The van der Waals surface area contributed by atoms with Crippen LogP contribution in [-0.4, -0.2) is 49.7 Å². The topological polar surface area (TPSA) is 115 Å². The third kappa shape index (κ3) is 7.91. The van der Waals surface area contributed by atoms with E-state index >= 15 is 0 Å². The smallest absolute Gasteiger partial charge is 0.407 e. The van der Waals surface area contributed by atoms with Crippen LogP contribution in [0.3, 0.4) is 0 Å². The Morgan fingerprint density at radius 1 is 0.860 bits per heavy atom. The van der Waals surface area contributed by atoms with E-state index in [0.29, 0.717) is 18.7 Å². The summed E-state index contributed by atoms with van der Waals surface area (Å²) >= 11 is 3.52. The van der Waals surface area contributed by atoms with Crippen molar-refractivity contribution in [3.63, 3.8) is 0 Å². The van der Waals surface area contributed by atoms with E-state index in [1.165, 1.54) is 0 Å². The van der Waals surface area contributed by atoms with E-state index in [1.807, 2.05) is 60.3 Å². The number of hydroxylamine groups is 1. The van der Waals surface area contributed by atoms with E-state index in [1.54, 1.807) is 11.3 Å². The third-order valence-corrected chi connectivity index (χ3v) is 12.5. The van der Waals surface area contributed by atoms with Crippen molar-refractivity contribution in [2.24, 2.45) is 0 Å². The molecule has 0 saturated carbocycles. The quantitative estimate of drug-likeness (QED) is 0.135. The Labute approximate surface area is 300 Å². The molecule has 3 aromatic carbocycles. The molecule has 1 aromatic heterocycles. The molecule has 50 heavy (non-hydrogen) atoms.